The summed E-state index contributed by atoms with van der Waals surface area (Å²) in [5, 5.41) is 21.0. The Labute approximate surface area is 88.3 Å². The Morgan fingerprint density at radius 2 is 2.20 bits per heavy atom. The lowest BCUT2D eigenvalue weighted by atomic mass is 9.77. The van der Waals surface area contributed by atoms with E-state index < -0.39 is 12.7 Å². The van der Waals surface area contributed by atoms with Crippen LogP contribution >= 0.6 is 0 Å². The highest BCUT2D eigenvalue weighted by Crippen LogP contribution is 2.29. The second-order valence-electron chi connectivity index (χ2n) is 4.07. The Bertz CT molecular complexity index is 417. The summed E-state index contributed by atoms with van der Waals surface area (Å²) in [6.07, 6.45) is 1.32. The molecule has 4 nitrogen and oxygen atoms in total. The van der Waals surface area contributed by atoms with Crippen molar-refractivity contribution in [2.45, 2.75) is 19.4 Å². The molecule has 1 aromatic carbocycles. The first kappa shape index (κ1) is 10.2. The summed E-state index contributed by atoms with van der Waals surface area (Å²) in [5.41, 5.74) is 1.96. The molecule has 0 saturated heterocycles. The van der Waals surface area contributed by atoms with Gasteiger partial charge in [-0.05, 0) is 30.4 Å². The highest BCUT2D eigenvalue weighted by molar-refractivity contribution is 6.62. The molecular weight excluding hydrogens is 193 g/mol. The van der Waals surface area contributed by atoms with E-state index >= 15 is 0 Å². The zero-order valence-electron chi connectivity index (χ0n) is 8.64. The molecule has 0 amide bonds. The number of fused-ring (bicyclic) bond motifs is 1. The predicted molar refractivity (Wildman–Crippen MR) is 57.5 cm³/mol. The number of hydrogen-bond donors (Lipinski definition) is 2. The van der Waals surface area contributed by atoms with E-state index in [2.05, 4.69) is 5.16 Å². The van der Waals surface area contributed by atoms with Crippen molar-refractivity contribution in [1.29, 1.82) is 0 Å². The van der Waals surface area contributed by atoms with E-state index in [1.54, 1.807) is 6.07 Å². The standard InChI is InChI=1S/C10H12BNO3/c1-10(2)8-4-3-7(6-12-14)5-9(8)11(13)15-10/h3-6,13-14H,1-2H3. The average molecular weight is 205 g/mol. The molecule has 0 aromatic heterocycles. The number of benzene rings is 1. The molecule has 2 rings (SSSR count). The van der Waals surface area contributed by atoms with Crippen LogP contribution in [-0.4, -0.2) is 23.6 Å². The predicted octanol–water partition coefficient (Wildman–Crippen LogP) is 0.447. The lowest BCUT2D eigenvalue weighted by molar-refractivity contribution is 0.101. The minimum Gasteiger partial charge on any atom is -0.423 e. The van der Waals surface area contributed by atoms with E-state index in [1.807, 2.05) is 26.0 Å². The molecule has 0 aliphatic carbocycles. The van der Waals surface area contributed by atoms with Crippen molar-refractivity contribution < 1.29 is 14.9 Å². The van der Waals surface area contributed by atoms with E-state index in [0.717, 1.165) is 16.6 Å². The van der Waals surface area contributed by atoms with Gasteiger partial charge in [0.25, 0.3) is 0 Å². The van der Waals surface area contributed by atoms with Gasteiger partial charge in [0.05, 0.1) is 11.8 Å². The van der Waals surface area contributed by atoms with Gasteiger partial charge in [-0.2, -0.15) is 0 Å². The van der Waals surface area contributed by atoms with Gasteiger partial charge in [-0.1, -0.05) is 23.4 Å². The molecule has 78 valence electrons. The minimum atomic E-state index is -0.901. The topological polar surface area (TPSA) is 62.0 Å². The molecule has 0 spiro atoms. The molecule has 1 aromatic rings. The molecule has 0 atom stereocenters. The zero-order valence-corrected chi connectivity index (χ0v) is 8.64. The fourth-order valence-corrected chi connectivity index (χ4v) is 1.89. The maximum atomic E-state index is 9.68. The van der Waals surface area contributed by atoms with Crippen LogP contribution in [0.5, 0.6) is 0 Å². The highest BCUT2D eigenvalue weighted by atomic mass is 16.5. The van der Waals surface area contributed by atoms with Crippen molar-refractivity contribution in [3.8, 4) is 0 Å². The first-order chi connectivity index (χ1) is 7.04. The second-order valence-corrected chi connectivity index (χ2v) is 4.07. The van der Waals surface area contributed by atoms with E-state index in [4.69, 9.17) is 9.86 Å². The largest absolute Gasteiger partial charge is 0.492 e. The maximum absolute atomic E-state index is 9.68. The third-order valence-electron chi connectivity index (χ3n) is 2.60. The molecular formula is C10H12BNO3. The molecule has 1 aliphatic rings. The third-order valence-corrected chi connectivity index (χ3v) is 2.60. The lowest BCUT2D eigenvalue weighted by Crippen LogP contribution is -2.28. The van der Waals surface area contributed by atoms with Gasteiger partial charge in [-0.3, -0.25) is 0 Å². The van der Waals surface area contributed by atoms with Crippen LogP contribution in [-0.2, 0) is 10.3 Å². The monoisotopic (exact) mass is 205 g/mol. The molecule has 0 bridgehead atoms. The Hall–Kier alpha value is -1.33. The third kappa shape index (κ3) is 1.64. The highest BCUT2D eigenvalue weighted by Gasteiger charge is 2.40. The van der Waals surface area contributed by atoms with Crippen molar-refractivity contribution in [3.05, 3.63) is 29.3 Å². The van der Waals surface area contributed by atoms with Gasteiger partial charge in [0.15, 0.2) is 0 Å². The Morgan fingerprint density at radius 1 is 1.47 bits per heavy atom. The minimum absolute atomic E-state index is 0.469. The van der Waals surface area contributed by atoms with E-state index in [0.29, 0.717) is 0 Å². The molecule has 1 aliphatic heterocycles. The van der Waals surface area contributed by atoms with Crippen molar-refractivity contribution in [2.24, 2.45) is 5.16 Å². The molecule has 0 fully saturated rings. The summed E-state index contributed by atoms with van der Waals surface area (Å²) in [6, 6.07) is 5.46. The number of hydrogen-bond acceptors (Lipinski definition) is 4. The van der Waals surface area contributed by atoms with E-state index in [1.165, 1.54) is 6.21 Å². The van der Waals surface area contributed by atoms with Crippen molar-refractivity contribution >= 4 is 18.8 Å². The van der Waals surface area contributed by atoms with Crippen molar-refractivity contribution in [2.75, 3.05) is 0 Å². The molecule has 0 unspecified atom stereocenters. The van der Waals surface area contributed by atoms with Gasteiger partial charge in [-0.25, -0.2) is 0 Å². The van der Waals surface area contributed by atoms with Crippen LogP contribution in [0.15, 0.2) is 23.4 Å². The second kappa shape index (κ2) is 3.36. The quantitative estimate of drug-likeness (QED) is 0.302. The average Bonchev–Trinajstić information content (AvgIpc) is 2.38. The lowest BCUT2D eigenvalue weighted by Gasteiger charge is -2.19. The van der Waals surface area contributed by atoms with Gasteiger partial charge in [-0.15, -0.1) is 0 Å². The van der Waals surface area contributed by atoms with Crippen LogP contribution in [0, 0.1) is 0 Å². The van der Waals surface area contributed by atoms with Gasteiger partial charge in [0.2, 0.25) is 0 Å². The molecule has 0 saturated carbocycles. The normalized spacial score (nSPS) is 18.5. The summed E-state index contributed by atoms with van der Waals surface area (Å²) in [5.74, 6) is 0. The van der Waals surface area contributed by atoms with Crippen LogP contribution < -0.4 is 5.46 Å². The fourth-order valence-electron chi connectivity index (χ4n) is 1.89. The van der Waals surface area contributed by atoms with Crippen LogP contribution in [0.25, 0.3) is 0 Å². The molecule has 5 heteroatoms. The maximum Gasteiger partial charge on any atom is 0.492 e. The van der Waals surface area contributed by atoms with Crippen molar-refractivity contribution in [1.82, 2.24) is 0 Å². The van der Waals surface area contributed by atoms with Gasteiger partial charge in [0, 0.05) is 0 Å². The van der Waals surface area contributed by atoms with Crippen LogP contribution in [0.1, 0.15) is 25.0 Å². The Morgan fingerprint density at radius 3 is 2.87 bits per heavy atom. The van der Waals surface area contributed by atoms with Crippen LogP contribution in [0.4, 0.5) is 0 Å². The molecule has 1 heterocycles. The first-order valence-corrected chi connectivity index (χ1v) is 4.72. The van der Waals surface area contributed by atoms with Gasteiger partial charge in [0.1, 0.15) is 0 Å². The summed E-state index contributed by atoms with van der Waals surface area (Å²) in [7, 11) is -0.901. The summed E-state index contributed by atoms with van der Waals surface area (Å²) in [6.45, 7) is 3.81. The zero-order chi connectivity index (χ0) is 11.1. The smallest absolute Gasteiger partial charge is 0.423 e. The van der Waals surface area contributed by atoms with Crippen LogP contribution in [0.2, 0.25) is 0 Å². The Balaban J connectivity index is 2.50. The van der Waals surface area contributed by atoms with Crippen molar-refractivity contribution in [3.63, 3.8) is 0 Å². The Kier molecular flexibility index (Phi) is 2.29. The molecule has 2 N–H and O–H groups in total. The summed E-state index contributed by atoms with van der Waals surface area (Å²) in [4.78, 5) is 0. The van der Waals surface area contributed by atoms with Gasteiger partial charge >= 0.3 is 7.12 Å². The van der Waals surface area contributed by atoms with E-state index in [-0.39, 0.29) is 0 Å². The SMILES string of the molecule is CC1(C)OB(O)c2cc(C=NO)ccc21. The number of oxime groups is 1. The number of nitrogens with zero attached hydrogens (tertiary/aromatic N) is 1. The fraction of sp³-hybridized carbons (Fsp3) is 0.300. The summed E-state index contributed by atoms with van der Waals surface area (Å²) < 4.78 is 5.40. The molecule has 0 radical (unpaired) electrons. The summed E-state index contributed by atoms with van der Waals surface area (Å²) >= 11 is 0. The molecule has 15 heavy (non-hydrogen) atoms. The number of rotatable bonds is 1. The first-order valence-electron chi connectivity index (χ1n) is 4.72. The van der Waals surface area contributed by atoms with E-state index in [9.17, 15) is 5.02 Å². The van der Waals surface area contributed by atoms with Crippen LogP contribution in [0.3, 0.4) is 0 Å². The van der Waals surface area contributed by atoms with Gasteiger partial charge < -0.3 is 14.9 Å².